The number of carbonyl (C=O) groups excluding carboxylic acids is 1. The van der Waals surface area contributed by atoms with Gasteiger partial charge in [0.05, 0.1) is 17.8 Å². The van der Waals surface area contributed by atoms with E-state index in [1.807, 2.05) is 6.07 Å². The van der Waals surface area contributed by atoms with Crippen LogP contribution in [-0.2, 0) is 6.18 Å². The molecule has 1 atom stereocenters. The number of alkyl halides is 3. The van der Waals surface area contributed by atoms with E-state index in [9.17, 15) is 18.0 Å². The van der Waals surface area contributed by atoms with Gasteiger partial charge in [-0.2, -0.15) is 18.3 Å². The molecule has 0 aliphatic carbocycles. The first-order valence-corrected chi connectivity index (χ1v) is 8.99. The number of ether oxygens (including phenoxy) is 1. The number of carbonyl (C=O) groups is 1. The number of hydrogen-bond acceptors (Lipinski definition) is 4. The molecular formula is C20H17F3N4O2. The highest BCUT2D eigenvalue weighted by Gasteiger charge is 2.32. The molecular weight excluding hydrogens is 385 g/mol. The molecule has 1 aliphatic rings. The Balaban J connectivity index is 1.42. The van der Waals surface area contributed by atoms with Crippen LogP contribution in [0.3, 0.4) is 0 Å². The van der Waals surface area contributed by atoms with E-state index in [0.717, 1.165) is 24.0 Å². The van der Waals surface area contributed by atoms with Gasteiger partial charge in [0, 0.05) is 43.2 Å². The molecule has 1 fully saturated rings. The Labute approximate surface area is 164 Å². The van der Waals surface area contributed by atoms with Gasteiger partial charge < -0.3 is 9.64 Å². The van der Waals surface area contributed by atoms with Gasteiger partial charge in [0.2, 0.25) is 5.88 Å². The summed E-state index contributed by atoms with van der Waals surface area (Å²) in [5.41, 5.74) is 0.459. The average molecular weight is 402 g/mol. The number of amides is 1. The Morgan fingerprint density at radius 3 is 2.76 bits per heavy atom. The van der Waals surface area contributed by atoms with Crippen molar-refractivity contribution in [2.45, 2.75) is 18.7 Å². The van der Waals surface area contributed by atoms with Crippen LogP contribution in [0.4, 0.5) is 13.2 Å². The standard InChI is InChI=1S/C20H17F3N4O2/c21-20(22,23)15-5-8-24-18(12-15)29-17-6-10-26(13-17)19(28)14-3-1-4-16(11-14)27-9-2-7-25-27/h1-5,7-9,11-12,17H,6,10,13H2/t17-/m0/s1. The number of aromatic nitrogens is 3. The lowest BCUT2D eigenvalue weighted by atomic mass is 10.2. The van der Waals surface area contributed by atoms with Crippen LogP contribution in [0.25, 0.3) is 5.69 Å². The van der Waals surface area contributed by atoms with Gasteiger partial charge in [0.25, 0.3) is 5.91 Å². The molecule has 0 unspecified atom stereocenters. The van der Waals surface area contributed by atoms with Crippen molar-refractivity contribution in [2.75, 3.05) is 13.1 Å². The highest BCUT2D eigenvalue weighted by atomic mass is 19.4. The zero-order valence-corrected chi connectivity index (χ0v) is 15.2. The Hall–Kier alpha value is -3.36. The smallest absolute Gasteiger partial charge is 0.416 e. The van der Waals surface area contributed by atoms with Crippen molar-refractivity contribution in [3.05, 3.63) is 72.2 Å². The summed E-state index contributed by atoms with van der Waals surface area (Å²) >= 11 is 0. The van der Waals surface area contributed by atoms with Gasteiger partial charge in [-0.25, -0.2) is 9.67 Å². The molecule has 3 heterocycles. The van der Waals surface area contributed by atoms with Gasteiger partial charge in [-0.05, 0) is 30.3 Å². The lowest BCUT2D eigenvalue weighted by Crippen LogP contribution is -2.31. The molecule has 3 aromatic rings. The minimum absolute atomic E-state index is 0.0974. The third-order valence-corrected chi connectivity index (χ3v) is 4.64. The van der Waals surface area contributed by atoms with E-state index in [0.29, 0.717) is 18.5 Å². The Morgan fingerprint density at radius 2 is 2.00 bits per heavy atom. The molecule has 9 heteroatoms. The van der Waals surface area contributed by atoms with E-state index >= 15 is 0 Å². The summed E-state index contributed by atoms with van der Waals surface area (Å²) < 4.78 is 45.7. The predicted molar refractivity (Wildman–Crippen MR) is 97.7 cm³/mol. The molecule has 0 bridgehead atoms. The molecule has 29 heavy (non-hydrogen) atoms. The van der Waals surface area contributed by atoms with Crippen molar-refractivity contribution in [1.82, 2.24) is 19.7 Å². The van der Waals surface area contributed by atoms with Crippen molar-refractivity contribution in [3.8, 4) is 11.6 Å². The van der Waals surface area contributed by atoms with Gasteiger partial charge in [-0.1, -0.05) is 6.07 Å². The summed E-state index contributed by atoms with van der Waals surface area (Å²) in [7, 11) is 0. The van der Waals surface area contributed by atoms with Crippen molar-refractivity contribution < 1.29 is 22.7 Å². The molecule has 1 aromatic carbocycles. The number of benzene rings is 1. The minimum atomic E-state index is -4.46. The van der Waals surface area contributed by atoms with Crippen LogP contribution in [0.1, 0.15) is 22.3 Å². The molecule has 150 valence electrons. The quantitative estimate of drug-likeness (QED) is 0.669. The van der Waals surface area contributed by atoms with Crippen molar-refractivity contribution in [1.29, 1.82) is 0 Å². The van der Waals surface area contributed by atoms with Gasteiger partial charge in [0.1, 0.15) is 6.10 Å². The summed E-state index contributed by atoms with van der Waals surface area (Å²) in [5.74, 6) is -0.262. The van der Waals surface area contributed by atoms with E-state index in [2.05, 4.69) is 10.1 Å². The maximum atomic E-state index is 12.8. The Kier molecular flexibility index (Phi) is 4.96. The van der Waals surface area contributed by atoms with Gasteiger partial charge in [-0.3, -0.25) is 4.79 Å². The largest absolute Gasteiger partial charge is 0.472 e. The lowest BCUT2D eigenvalue weighted by molar-refractivity contribution is -0.137. The van der Waals surface area contributed by atoms with Crippen molar-refractivity contribution in [2.24, 2.45) is 0 Å². The number of rotatable bonds is 4. The van der Waals surface area contributed by atoms with Crippen LogP contribution in [0.2, 0.25) is 0 Å². The fourth-order valence-corrected chi connectivity index (χ4v) is 3.22. The molecule has 2 aromatic heterocycles. The first kappa shape index (κ1) is 19.0. The topological polar surface area (TPSA) is 60.2 Å². The van der Waals surface area contributed by atoms with Crippen LogP contribution in [0, 0.1) is 0 Å². The fraction of sp³-hybridized carbons (Fsp3) is 0.250. The van der Waals surface area contributed by atoms with Gasteiger partial charge >= 0.3 is 6.18 Å². The highest BCUT2D eigenvalue weighted by molar-refractivity contribution is 5.95. The van der Waals surface area contributed by atoms with Crippen molar-refractivity contribution in [3.63, 3.8) is 0 Å². The van der Waals surface area contributed by atoms with Gasteiger partial charge in [0.15, 0.2) is 0 Å². The van der Waals surface area contributed by atoms with E-state index in [1.54, 1.807) is 46.2 Å². The maximum absolute atomic E-state index is 12.8. The zero-order chi connectivity index (χ0) is 20.4. The normalized spacial score (nSPS) is 16.8. The van der Waals surface area contributed by atoms with Crippen LogP contribution < -0.4 is 4.74 Å². The second kappa shape index (κ2) is 7.57. The Morgan fingerprint density at radius 1 is 1.14 bits per heavy atom. The number of pyridine rings is 1. The maximum Gasteiger partial charge on any atom is 0.416 e. The van der Waals surface area contributed by atoms with Crippen LogP contribution in [-0.4, -0.2) is 44.8 Å². The van der Waals surface area contributed by atoms with E-state index in [4.69, 9.17) is 4.74 Å². The summed E-state index contributed by atoms with van der Waals surface area (Å²) in [5, 5.41) is 4.15. The number of halogens is 3. The Bertz CT molecular complexity index is 1000. The zero-order valence-electron chi connectivity index (χ0n) is 15.2. The highest BCUT2D eigenvalue weighted by Crippen LogP contribution is 2.31. The molecule has 1 aliphatic heterocycles. The number of likely N-dealkylation sites (tertiary alicyclic amines) is 1. The summed E-state index contributed by atoms with van der Waals surface area (Å²) in [4.78, 5) is 18.3. The number of nitrogens with zero attached hydrogens (tertiary/aromatic N) is 4. The molecule has 1 amide bonds. The third kappa shape index (κ3) is 4.23. The second-order valence-electron chi connectivity index (χ2n) is 6.66. The summed E-state index contributed by atoms with van der Waals surface area (Å²) in [6, 6.07) is 10.6. The van der Waals surface area contributed by atoms with Gasteiger partial charge in [-0.15, -0.1) is 0 Å². The number of hydrogen-bond donors (Lipinski definition) is 0. The van der Waals surface area contributed by atoms with E-state index in [-0.39, 0.29) is 18.3 Å². The third-order valence-electron chi connectivity index (χ3n) is 4.64. The van der Waals surface area contributed by atoms with Crippen molar-refractivity contribution >= 4 is 5.91 Å². The molecule has 4 rings (SSSR count). The molecule has 6 nitrogen and oxygen atoms in total. The van der Waals surface area contributed by atoms with Crippen LogP contribution in [0.5, 0.6) is 5.88 Å². The molecule has 0 saturated carbocycles. The molecule has 0 N–H and O–H groups in total. The molecule has 0 spiro atoms. The van der Waals surface area contributed by atoms with Crippen LogP contribution in [0.15, 0.2) is 61.1 Å². The molecule has 0 radical (unpaired) electrons. The average Bonchev–Trinajstić information content (AvgIpc) is 3.39. The summed E-state index contributed by atoms with van der Waals surface area (Å²) in [6.07, 6.45) is 0.145. The van der Waals surface area contributed by atoms with E-state index in [1.165, 1.54) is 0 Å². The summed E-state index contributed by atoms with van der Waals surface area (Å²) in [6.45, 7) is 0.733. The fourth-order valence-electron chi connectivity index (χ4n) is 3.22. The second-order valence-corrected chi connectivity index (χ2v) is 6.66. The minimum Gasteiger partial charge on any atom is -0.472 e. The van der Waals surface area contributed by atoms with Crippen LogP contribution >= 0.6 is 0 Å². The first-order chi connectivity index (χ1) is 13.9. The lowest BCUT2D eigenvalue weighted by Gasteiger charge is -2.18. The predicted octanol–water partition coefficient (Wildman–Crippen LogP) is 3.58. The monoisotopic (exact) mass is 402 g/mol. The first-order valence-electron chi connectivity index (χ1n) is 8.99. The SMILES string of the molecule is O=C(c1cccc(-n2cccn2)c1)N1CC[C@H](Oc2cc(C(F)(F)F)ccn2)C1. The molecule has 1 saturated heterocycles. The van der Waals surface area contributed by atoms with E-state index < -0.39 is 17.8 Å².